The van der Waals surface area contributed by atoms with Gasteiger partial charge in [-0.3, -0.25) is 0 Å². The van der Waals surface area contributed by atoms with E-state index in [0.29, 0.717) is 0 Å². The summed E-state index contributed by atoms with van der Waals surface area (Å²) in [4.78, 5) is 0. The van der Waals surface area contributed by atoms with E-state index in [1.165, 1.54) is 11.1 Å². The van der Waals surface area contributed by atoms with Crippen LogP contribution in [0, 0.1) is 0 Å². The Balaban J connectivity index is 2.07. The van der Waals surface area contributed by atoms with E-state index in [1.807, 2.05) is 24.3 Å². The lowest BCUT2D eigenvalue weighted by molar-refractivity contribution is 0.412. The number of ether oxygens (including phenoxy) is 2. The van der Waals surface area contributed by atoms with Crippen molar-refractivity contribution in [2.45, 2.75) is 25.7 Å². The third kappa shape index (κ3) is 4.83. The Labute approximate surface area is 169 Å². The quantitative estimate of drug-likeness (QED) is 0.401. The number of benzene rings is 2. The summed E-state index contributed by atoms with van der Waals surface area (Å²) in [5.74, 6) is 1.67. The van der Waals surface area contributed by atoms with Crippen molar-refractivity contribution in [3.05, 3.63) is 84.0 Å². The van der Waals surface area contributed by atoms with Crippen molar-refractivity contribution in [1.82, 2.24) is 0 Å². The van der Waals surface area contributed by atoms with Gasteiger partial charge in [0.05, 0.1) is 14.2 Å². The fraction of sp³-hybridized carbons (Fsp3) is 0.231. The van der Waals surface area contributed by atoms with Gasteiger partial charge in [0.1, 0.15) is 11.5 Å². The number of aryl methyl sites for hydroxylation is 2. The summed E-state index contributed by atoms with van der Waals surface area (Å²) in [5.41, 5.74) is 6.60. The Morgan fingerprint density at radius 3 is 1.11 bits per heavy atom. The van der Waals surface area contributed by atoms with E-state index in [1.54, 1.807) is 14.2 Å². The van der Waals surface area contributed by atoms with Gasteiger partial charge in [0.15, 0.2) is 0 Å². The molecule has 0 aliphatic carbocycles. The molecule has 146 valence electrons. The van der Waals surface area contributed by atoms with E-state index < -0.39 is 0 Å². The zero-order valence-corrected chi connectivity index (χ0v) is 17.1. The molecule has 0 atom stereocenters. The van der Waals surface area contributed by atoms with Gasteiger partial charge in [0.2, 0.25) is 0 Å². The molecular weight excluding hydrogens is 344 g/mol. The van der Waals surface area contributed by atoms with Crippen LogP contribution in [-0.2, 0) is 12.8 Å². The predicted octanol–water partition coefficient (Wildman–Crippen LogP) is 6.84. The monoisotopic (exact) mass is 374 g/mol. The molecule has 28 heavy (non-hydrogen) atoms. The molecule has 2 heteroatoms. The minimum absolute atomic E-state index is 0.834. The van der Waals surface area contributed by atoms with Crippen LogP contribution in [0.4, 0.5) is 0 Å². The lowest BCUT2D eigenvalue weighted by Crippen LogP contribution is -1.97. The summed E-state index contributed by atoms with van der Waals surface area (Å²) < 4.78 is 11.0. The summed E-state index contributed by atoms with van der Waals surface area (Å²) in [5, 5.41) is 0. The van der Waals surface area contributed by atoms with E-state index in [9.17, 15) is 0 Å². The molecule has 0 saturated heterocycles. The number of unbranched alkanes of at least 4 members (excludes halogenated alkanes) is 1. The first kappa shape index (κ1) is 21.3. The molecule has 0 aromatic heterocycles. The molecule has 0 fully saturated rings. The molecule has 0 aliphatic rings. The maximum absolute atomic E-state index is 5.49. The van der Waals surface area contributed by atoms with Gasteiger partial charge >= 0.3 is 0 Å². The van der Waals surface area contributed by atoms with Crippen LogP contribution in [-0.4, -0.2) is 14.2 Å². The fourth-order valence-corrected chi connectivity index (χ4v) is 3.50. The molecule has 2 rings (SSSR count). The Kier molecular flexibility index (Phi) is 7.88. The van der Waals surface area contributed by atoms with Crippen LogP contribution < -0.4 is 9.47 Å². The lowest BCUT2D eigenvalue weighted by atomic mass is 9.97. The molecule has 2 aromatic carbocycles. The van der Waals surface area contributed by atoms with Crippen molar-refractivity contribution in [3.8, 4) is 11.5 Å². The minimum Gasteiger partial charge on any atom is -0.496 e. The van der Waals surface area contributed by atoms with E-state index >= 15 is 0 Å². The highest BCUT2D eigenvalue weighted by atomic mass is 16.5. The normalized spacial score (nSPS) is 10.2. The van der Waals surface area contributed by atoms with Gasteiger partial charge in [-0.05, 0) is 61.1 Å². The maximum Gasteiger partial charge on any atom is 0.133 e. The van der Waals surface area contributed by atoms with Gasteiger partial charge in [-0.1, -0.05) is 50.6 Å². The van der Waals surface area contributed by atoms with E-state index in [0.717, 1.165) is 59.4 Å². The van der Waals surface area contributed by atoms with Crippen molar-refractivity contribution < 1.29 is 9.47 Å². The summed E-state index contributed by atoms with van der Waals surface area (Å²) in [6.07, 6.45) is 11.5. The molecule has 0 unspecified atom stereocenters. The van der Waals surface area contributed by atoms with Gasteiger partial charge in [0.25, 0.3) is 0 Å². The van der Waals surface area contributed by atoms with Crippen LogP contribution in [0.1, 0.15) is 46.2 Å². The molecule has 2 nitrogen and oxygen atoms in total. The average Bonchev–Trinajstić information content (AvgIpc) is 2.74. The van der Waals surface area contributed by atoms with Crippen LogP contribution in [0.5, 0.6) is 11.5 Å². The topological polar surface area (TPSA) is 18.5 Å². The molecule has 0 spiro atoms. The zero-order valence-electron chi connectivity index (χ0n) is 17.1. The molecule has 0 bridgehead atoms. The van der Waals surface area contributed by atoms with Crippen LogP contribution in [0.2, 0.25) is 0 Å². The molecule has 0 N–H and O–H groups in total. The molecule has 2 aromatic rings. The first-order valence-corrected chi connectivity index (χ1v) is 9.53. The summed E-state index contributed by atoms with van der Waals surface area (Å²) in [6, 6.07) is 8.60. The van der Waals surface area contributed by atoms with Crippen LogP contribution in [0.25, 0.3) is 24.3 Å². The highest BCUT2D eigenvalue weighted by Gasteiger charge is 2.09. The van der Waals surface area contributed by atoms with Crippen molar-refractivity contribution in [3.63, 3.8) is 0 Å². The van der Waals surface area contributed by atoms with Crippen LogP contribution in [0.3, 0.4) is 0 Å². The predicted molar refractivity (Wildman–Crippen MR) is 123 cm³/mol. The maximum atomic E-state index is 5.49. The van der Waals surface area contributed by atoms with Gasteiger partial charge in [-0.2, -0.15) is 0 Å². The molecule has 0 heterocycles. The summed E-state index contributed by atoms with van der Waals surface area (Å²) in [7, 11) is 3.36. The number of methoxy groups -OCH3 is 2. The smallest absolute Gasteiger partial charge is 0.133 e. The van der Waals surface area contributed by atoms with Gasteiger partial charge in [0, 0.05) is 22.3 Å². The zero-order chi connectivity index (χ0) is 20.5. The Morgan fingerprint density at radius 2 is 0.893 bits per heavy atom. The highest BCUT2D eigenvalue weighted by Crippen LogP contribution is 2.30. The molecule has 0 aliphatic heterocycles. The van der Waals surface area contributed by atoms with Gasteiger partial charge < -0.3 is 9.47 Å². The van der Waals surface area contributed by atoms with Crippen molar-refractivity contribution >= 4 is 24.3 Å². The van der Waals surface area contributed by atoms with Crippen molar-refractivity contribution in [2.75, 3.05) is 14.2 Å². The van der Waals surface area contributed by atoms with Crippen molar-refractivity contribution in [1.29, 1.82) is 0 Å². The molecule has 0 radical (unpaired) electrons. The lowest BCUT2D eigenvalue weighted by Gasteiger charge is -2.13. The van der Waals surface area contributed by atoms with Crippen molar-refractivity contribution in [2.24, 2.45) is 0 Å². The third-order valence-electron chi connectivity index (χ3n) is 4.88. The Morgan fingerprint density at radius 1 is 0.607 bits per heavy atom. The largest absolute Gasteiger partial charge is 0.496 e. The van der Waals surface area contributed by atoms with E-state index in [4.69, 9.17) is 9.47 Å². The fourth-order valence-electron chi connectivity index (χ4n) is 3.50. The first-order valence-electron chi connectivity index (χ1n) is 9.53. The second-order valence-corrected chi connectivity index (χ2v) is 6.64. The van der Waals surface area contributed by atoms with E-state index in [2.05, 4.69) is 50.6 Å². The molecule has 0 amide bonds. The Bertz CT molecular complexity index is 742. The first-order chi connectivity index (χ1) is 13.6. The summed E-state index contributed by atoms with van der Waals surface area (Å²) in [6.45, 7) is 15.6. The van der Waals surface area contributed by atoms with Gasteiger partial charge in [-0.25, -0.2) is 0 Å². The van der Waals surface area contributed by atoms with Crippen LogP contribution in [0.15, 0.2) is 50.6 Å². The second-order valence-electron chi connectivity index (χ2n) is 6.64. The van der Waals surface area contributed by atoms with E-state index in [-0.39, 0.29) is 0 Å². The SMILES string of the molecule is C=Cc1cc(CCCCc2cc(C=C)c(OC)c(C=C)c2)cc(C=C)c1OC. The minimum atomic E-state index is 0.834. The summed E-state index contributed by atoms with van der Waals surface area (Å²) >= 11 is 0. The molecule has 0 saturated carbocycles. The number of hydrogen-bond acceptors (Lipinski definition) is 2. The second kappa shape index (κ2) is 10.4. The standard InChI is InChI=1S/C26H30O2/c1-7-21-15-19(16-22(8-2)25(21)27-5)13-11-12-14-20-17-23(9-3)26(28-6)24(10-4)18-20/h7-10,15-18H,1-4,11-14H2,5-6H3. The number of rotatable bonds is 11. The average molecular weight is 375 g/mol. The highest BCUT2D eigenvalue weighted by molar-refractivity contribution is 5.68. The molecular formula is C26H30O2. The number of hydrogen-bond donors (Lipinski definition) is 0. The Hall–Kier alpha value is -3.00. The third-order valence-corrected chi connectivity index (χ3v) is 4.88. The van der Waals surface area contributed by atoms with Gasteiger partial charge in [-0.15, -0.1) is 0 Å². The van der Waals surface area contributed by atoms with Crippen LogP contribution >= 0.6 is 0 Å².